The molecule has 1 aromatic carbocycles. The quantitative estimate of drug-likeness (QED) is 0.792. The number of benzene rings is 1. The second-order valence-corrected chi connectivity index (χ2v) is 6.83. The van der Waals surface area contributed by atoms with Crippen LogP contribution in [0.5, 0.6) is 0 Å². The van der Waals surface area contributed by atoms with E-state index in [1.54, 1.807) is 10.9 Å². The van der Waals surface area contributed by atoms with Gasteiger partial charge in [0.05, 0.1) is 6.20 Å². The molecule has 132 valence electrons. The molecule has 2 aromatic rings. The lowest BCUT2D eigenvalue weighted by molar-refractivity contribution is -0.189. The van der Waals surface area contributed by atoms with Crippen LogP contribution < -0.4 is 0 Å². The Kier molecular flexibility index (Phi) is 3.63. The van der Waals surface area contributed by atoms with Crippen molar-refractivity contribution in [3.8, 4) is 11.1 Å². The maximum atomic E-state index is 12.9. The maximum absolute atomic E-state index is 12.9. The number of likely N-dealkylation sites (tertiary alicyclic amines) is 1. The van der Waals surface area contributed by atoms with Crippen molar-refractivity contribution in [2.75, 3.05) is 6.54 Å². The number of carbonyl (C=O) groups is 1. The topological polar surface area (TPSA) is 38.1 Å². The van der Waals surface area contributed by atoms with Gasteiger partial charge in [0.2, 0.25) is 0 Å². The minimum absolute atomic E-state index is 0.0216. The van der Waals surface area contributed by atoms with E-state index in [0.717, 1.165) is 33.6 Å². The summed E-state index contributed by atoms with van der Waals surface area (Å²) in [6.45, 7) is 0.183. The second-order valence-electron chi connectivity index (χ2n) is 6.83. The molecule has 25 heavy (non-hydrogen) atoms. The number of aryl methyl sites for hydroxylation is 1. The number of piperidine rings is 1. The third kappa shape index (κ3) is 2.71. The molecule has 2 aliphatic rings. The molecular weight excluding hydrogens is 331 g/mol. The van der Waals surface area contributed by atoms with Gasteiger partial charge in [-0.2, -0.15) is 18.3 Å². The van der Waals surface area contributed by atoms with E-state index in [1.807, 2.05) is 25.4 Å². The molecule has 1 aliphatic carbocycles. The van der Waals surface area contributed by atoms with Gasteiger partial charge in [0.1, 0.15) is 0 Å². The molecule has 1 saturated heterocycles. The van der Waals surface area contributed by atoms with Crippen LogP contribution in [0.1, 0.15) is 29.9 Å². The average Bonchev–Trinajstić information content (AvgIpc) is 3.16. The molecule has 2 atom stereocenters. The first kappa shape index (κ1) is 16.2. The average molecular weight is 349 g/mol. The van der Waals surface area contributed by atoms with Crippen molar-refractivity contribution in [1.29, 1.82) is 0 Å². The van der Waals surface area contributed by atoms with Gasteiger partial charge in [-0.3, -0.25) is 9.48 Å². The molecule has 4 nitrogen and oxygen atoms in total. The fraction of sp³-hybridized carbons (Fsp3) is 0.444. The Morgan fingerprint density at radius 3 is 2.76 bits per heavy atom. The maximum Gasteiger partial charge on any atom is 0.471 e. The number of aromatic nitrogens is 2. The third-order valence-corrected chi connectivity index (χ3v) is 5.29. The van der Waals surface area contributed by atoms with E-state index in [9.17, 15) is 18.0 Å². The van der Waals surface area contributed by atoms with Crippen LogP contribution in [0, 0.1) is 0 Å². The lowest BCUT2D eigenvalue weighted by Gasteiger charge is -2.38. The minimum atomic E-state index is -4.81. The number of alkyl halides is 3. The van der Waals surface area contributed by atoms with Crippen LogP contribution in [0.3, 0.4) is 0 Å². The molecule has 2 heterocycles. The first-order valence-electron chi connectivity index (χ1n) is 8.34. The largest absolute Gasteiger partial charge is 0.471 e. The Balaban J connectivity index is 1.67. The zero-order chi connectivity index (χ0) is 17.8. The summed E-state index contributed by atoms with van der Waals surface area (Å²) in [5, 5.41) is 4.17. The van der Waals surface area contributed by atoms with E-state index in [4.69, 9.17) is 0 Å². The van der Waals surface area contributed by atoms with Gasteiger partial charge in [0, 0.05) is 37.3 Å². The molecule has 0 spiro atoms. The van der Waals surface area contributed by atoms with Gasteiger partial charge in [0.25, 0.3) is 0 Å². The zero-order valence-electron chi connectivity index (χ0n) is 13.8. The highest BCUT2D eigenvalue weighted by atomic mass is 19.4. The molecule has 4 rings (SSSR count). The summed E-state index contributed by atoms with van der Waals surface area (Å²) in [4.78, 5) is 12.8. The van der Waals surface area contributed by atoms with Gasteiger partial charge in [-0.15, -0.1) is 0 Å². The summed E-state index contributed by atoms with van der Waals surface area (Å²) in [6, 6.07) is 5.62. The van der Waals surface area contributed by atoms with Crippen molar-refractivity contribution in [2.24, 2.45) is 7.05 Å². The fourth-order valence-electron chi connectivity index (χ4n) is 4.19. The minimum Gasteiger partial charge on any atom is -0.331 e. The Morgan fingerprint density at radius 2 is 2.08 bits per heavy atom. The molecule has 0 N–H and O–H groups in total. The number of hydrogen-bond acceptors (Lipinski definition) is 2. The molecule has 1 aromatic heterocycles. The van der Waals surface area contributed by atoms with Crippen molar-refractivity contribution < 1.29 is 18.0 Å². The van der Waals surface area contributed by atoms with E-state index >= 15 is 0 Å². The van der Waals surface area contributed by atoms with Crippen LogP contribution in [-0.2, 0) is 18.3 Å². The number of fused-ring (bicyclic) bond motifs is 3. The van der Waals surface area contributed by atoms with Gasteiger partial charge >= 0.3 is 12.1 Å². The number of carbonyl (C=O) groups excluding carboxylic acids is 1. The first-order chi connectivity index (χ1) is 11.8. The molecule has 0 bridgehead atoms. The molecule has 1 amide bonds. The number of rotatable bonds is 1. The molecule has 0 saturated carbocycles. The monoisotopic (exact) mass is 349 g/mol. The van der Waals surface area contributed by atoms with Crippen LogP contribution in [0.4, 0.5) is 13.2 Å². The highest BCUT2D eigenvalue weighted by Gasteiger charge is 2.49. The van der Waals surface area contributed by atoms with Crippen LogP contribution >= 0.6 is 0 Å². The molecule has 1 fully saturated rings. The summed E-state index contributed by atoms with van der Waals surface area (Å²) < 4.78 is 40.4. The van der Waals surface area contributed by atoms with Gasteiger partial charge in [-0.05, 0) is 36.0 Å². The van der Waals surface area contributed by atoms with Crippen molar-refractivity contribution in [2.45, 2.75) is 37.4 Å². The van der Waals surface area contributed by atoms with Gasteiger partial charge < -0.3 is 4.90 Å². The summed E-state index contributed by atoms with van der Waals surface area (Å²) in [5.74, 6) is -1.73. The van der Waals surface area contributed by atoms with E-state index in [2.05, 4.69) is 11.2 Å². The standard InChI is InChI=1S/C18H18F3N3O/c1-23-10-13(9-22-23)11-4-5-12-8-16-14(15(12)7-11)3-2-6-24(16)17(25)18(19,20)21/h4-5,7,9-10,14,16H,2-3,6,8H2,1H3/t14-,16+/m1/s1. The van der Waals surface area contributed by atoms with E-state index in [-0.39, 0.29) is 18.5 Å². The number of hydrogen-bond donors (Lipinski definition) is 0. The molecule has 1 aliphatic heterocycles. The van der Waals surface area contributed by atoms with E-state index in [0.29, 0.717) is 12.8 Å². The lowest BCUT2D eigenvalue weighted by atomic mass is 9.87. The summed E-state index contributed by atoms with van der Waals surface area (Å²) >= 11 is 0. The predicted octanol–water partition coefficient (Wildman–Crippen LogP) is 3.28. The highest BCUT2D eigenvalue weighted by Crippen LogP contribution is 2.44. The number of amides is 1. The molecular formula is C18H18F3N3O. The van der Waals surface area contributed by atoms with E-state index < -0.39 is 12.1 Å². The van der Waals surface area contributed by atoms with Crippen molar-refractivity contribution in [3.05, 3.63) is 41.7 Å². The smallest absolute Gasteiger partial charge is 0.331 e. The van der Waals surface area contributed by atoms with Gasteiger partial charge in [-0.25, -0.2) is 0 Å². The summed E-state index contributed by atoms with van der Waals surface area (Å²) in [6.07, 6.45) is 0.783. The Morgan fingerprint density at radius 1 is 1.28 bits per heavy atom. The highest BCUT2D eigenvalue weighted by molar-refractivity contribution is 5.82. The molecule has 0 unspecified atom stereocenters. The Labute approximate surface area is 143 Å². The van der Waals surface area contributed by atoms with Crippen LogP contribution in [0.2, 0.25) is 0 Å². The summed E-state index contributed by atoms with van der Waals surface area (Å²) in [5.41, 5.74) is 4.11. The van der Waals surface area contributed by atoms with Crippen molar-refractivity contribution >= 4 is 5.91 Å². The Bertz CT molecular complexity index is 827. The van der Waals surface area contributed by atoms with Crippen molar-refractivity contribution in [1.82, 2.24) is 14.7 Å². The number of nitrogens with zero attached hydrogens (tertiary/aromatic N) is 3. The van der Waals surface area contributed by atoms with Crippen molar-refractivity contribution in [3.63, 3.8) is 0 Å². The third-order valence-electron chi connectivity index (χ3n) is 5.29. The second kappa shape index (κ2) is 5.61. The fourth-order valence-corrected chi connectivity index (χ4v) is 4.19. The van der Waals surface area contributed by atoms with E-state index in [1.165, 1.54) is 0 Å². The normalized spacial score (nSPS) is 22.6. The molecule has 0 radical (unpaired) electrons. The van der Waals surface area contributed by atoms with Crippen LogP contribution in [0.25, 0.3) is 11.1 Å². The zero-order valence-corrected chi connectivity index (χ0v) is 13.8. The lowest BCUT2D eigenvalue weighted by Crippen LogP contribution is -2.51. The first-order valence-corrected chi connectivity index (χ1v) is 8.34. The van der Waals surface area contributed by atoms with Gasteiger partial charge in [0.15, 0.2) is 0 Å². The summed E-state index contributed by atoms with van der Waals surface area (Å²) in [7, 11) is 1.84. The van der Waals surface area contributed by atoms with Crippen LogP contribution in [-0.4, -0.2) is 39.4 Å². The molecule has 7 heteroatoms. The number of halogens is 3. The Hall–Kier alpha value is -2.31. The SMILES string of the molecule is Cn1cc(-c2ccc3c(c2)[C@H]2CCCN(C(=O)C(F)(F)F)[C@H]2C3)cn1. The van der Waals surface area contributed by atoms with Gasteiger partial charge in [-0.1, -0.05) is 18.2 Å². The predicted molar refractivity (Wildman–Crippen MR) is 85.9 cm³/mol. The van der Waals surface area contributed by atoms with Crippen LogP contribution in [0.15, 0.2) is 30.6 Å².